The van der Waals surface area contributed by atoms with Crippen molar-refractivity contribution in [3.05, 3.63) is 18.5 Å². The lowest BCUT2D eigenvalue weighted by molar-refractivity contribution is 0.207. The van der Waals surface area contributed by atoms with E-state index in [-0.39, 0.29) is 0 Å². The zero-order chi connectivity index (χ0) is 15.5. The molecule has 3 aliphatic rings. The molecule has 6 nitrogen and oxygen atoms in total. The monoisotopic (exact) mass is 316 g/mol. The highest BCUT2D eigenvalue weighted by Crippen LogP contribution is 2.40. The zero-order valence-electron chi connectivity index (χ0n) is 13.7. The Labute approximate surface area is 138 Å². The van der Waals surface area contributed by atoms with Gasteiger partial charge in [-0.15, -0.1) is 0 Å². The molecule has 1 aliphatic carbocycles. The van der Waals surface area contributed by atoms with Crippen LogP contribution in [0.3, 0.4) is 0 Å². The van der Waals surface area contributed by atoms with Crippen molar-refractivity contribution in [3.63, 3.8) is 0 Å². The normalized spacial score (nSPS) is 34.4. The maximum atomic E-state index is 4.28. The van der Waals surface area contributed by atoms with E-state index in [2.05, 4.69) is 31.0 Å². The first-order chi connectivity index (χ1) is 11.4. The quantitative estimate of drug-likeness (QED) is 0.756. The van der Waals surface area contributed by atoms with Crippen LogP contribution in [0.15, 0.2) is 18.5 Å². The molecule has 4 rings (SSSR count). The van der Waals surface area contributed by atoms with E-state index >= 15 is 0 Å². The first-order valence-corrected chi connectivity index (χ1v) is 9.10. The second-order valence-corrected chi connectivity index (χ2v) is 7.34. The lowest BCUT2D eigenvalue weighted by Crippen LogP contribution is -2.39. The third-order valence-corrected chi connectivity index (χ3v) is 5.81. The summed E-state index contributed by atoms with van der Waals surface area (Å²) in [7, 11) is 0. The summed E-state index contributed by atoms with van der Waals surface area (Å²) in [6, 6.07) is 2.49. The molecule has 3 N–H and O–H groups in total. The molecule has 0 radical (unpaired) electrons. The number of rotatable bonds is 5. The highest BCUT2D eigenvalue weighted by Gasteiger charge is 2.40. The first kappa shape index (κ1) is 15.3. The molecule has 1 aromatic heterocycles. The highest BCUT2D eigenvalue weighted by atomic mass is 15.4. The number of hydrogen-bond acceptors (Lipinski definition) is 6. The maximum Gasteiger partial charge on any atom is 0.222 e. The molecule has 6 heteroatoms. The SMILES string of the molecule is c1cnc(NC[C@H]2CCC[C@H]3CN(CC4CCNN4)C[C@@H]23)nc1. The van der Waals surface area contributed by atoms with Crippen LogP contribution in [-0.4, -0.2) is 53.6 Å². The number of nitrogens with one attached hydrogen (secondary N) is 3. The molecule has 1 aromatic rings. The van der Waals surface area contributed by atoms with Gasteiger partial charge in [-0.1, -0.05) is 6.42 Å². The lowest BCUT2D eigenvalue weighted by Gasteiger charge is -2.33. The summed E-state index contributed by atoms with van der Waals surface area (Å²) in [4.78, 5) is 11.3. The fraction of sp³-hybridized carbons (Fsp3) is 0.765. The van der Waals surface area contributed by atoms with Crippen molar-refractivity contribution < 1.29 is 0 Å². The summed E-state index contributed by atoms with van der Waals surface area (Å²) < 4.78 is 0. The molecule has 0 amide bonds. The fourth-order valence-corrected chi connectivity index (χ4v) is 4.68. The molecular weight excluding hydrogens is 288 g/mol. The summed E-state index contributed by atoms with van der Waals surface area (Å²) in [5.74, 6) is 3.26. The van der Waals surface area contributed by atoms with Crippen LogP contribution in [0.1, 0.15) is 25.7 Å². The molecule has 2 aliphatic heterocycles. The van der Waals surface area contributed by atoms with Gasteiger partial charge in [0.05, 0.1) is 0 Å². The third-order valence-electron chi connectivity index (χ3n) is 5.81. The van der Waals surface area contributed by atoms with Crippen molar-refractivity contribution in [2.45, 2.75) is 31.7 Å². The molecule has 0 spiro atoms. The van der Waals surface area contributed by atoms with E-state index in [1.165, 1.54) is 45.3 Å². The Hall–Kier alpha value is -1.24. The highest BCUT2D eigenvalue weighted by molar-refractivity contribution is 5.22. The Morgan fingerprint density at radius 2 is 2.09 bits per heavy atom. The Morgan fingerprint density at radius 1 is 1.17 bits per heavy atom. The summed E-state index contributed by atoms with van der Waals surface area (Å²) in [5.41, 5.74) is 6.66. The number of likely N-dealkylation sites (tertiary alicyclic amines) is 1. The van der Waals surface area contributed by atoms with E-state index in [0.717, 1.165) is 36.8 Å². The van der Waals surface area contributed by atoms with Crippen molar-refractivity contribution in [1.82, 2.24) is 25.7 Å². The molecule has 0 bridgehead atoms. The van der Waals surface area contributed by atoms with Gasteiger partial charge in [0, 0.05) is 51.2 Å². The van der Waals surface area contributed by atoms with Gasteiger partial charge >= 0.3 is 0 Å². The van der Waals surface area contributed by atoms with Crippen LogP contribution >= 0.6 is 0 Å². The van der Waals surface area contributed by atoms with Gasteiger partial charge in [-0.25, -0.2) is 9.97 Å². The number of hydrazine groups is 1. The predicted octanol–water partition coefficient (Wildman–Crippen LogP) is 1.10. The third kappa shape index (κ3) is 3.65. The van der Waals surface area contributed by atoms with Gasteiger partial charge in [-0.05, 0) is 43.1 Å². The van der Waals surface area contributed by atoms with Crippen molar-refractivity contribution in [3.8, 4) is 0 Å². The van der Waals surface area contributed by atoms with Crippen LogP contribution in [-0.2, 0) is 0 Å². The van der Waals surface area contributed by atoms with Crippen LogP contribution in [0.4, 0.5) is 5.95 Å². The van der Waals surface area contributed by atoms with Gasteiger partial charge < -0.3 is 10.2 Å². The minimum absolute atomic E-state index is 0.629. The molecular formula is C17H28N6. The lowest BCUT2D eigenvalue weighted by atomic mass is 9.74. The number of fused-ring (bicyclic) bond motifs is 1. The standard InChI is InChI=1S/C17H28N6/c1-3-13(9-20-17-18-6-2-7-19-17)16-12-23(10-14(16)4-1)11-15-5-8-21-22-15/h2,6-7,13-16,21-22H,1,3-5,8-12H2,(H,18,19,20)/t13-,14+,15?,16+/m1/s1. The summed E-state index contributed by atoms with van der Waals surface area (Å²) in [5, 5.41) is 3.45. The summed E-state index contributed by atoms with van der Waals surface area (Å²) >= 11 is 0. The number of anilines is 1. The average molecular weight is 316 g/mol. The van der Waals surface area contributed by atoms with E-state index in [9.17, 15) is 0 Å². The molecule has 1 unspecified atom stereocenters. The molecule has 2 saturated heterocycles. The van der Waals surface area contributed by atoms with Gasteiger partial charge in [0.2, 0.25) is 5.95 Å². The van der Waals surface area contributed by atoms with Crippen molar-refractivity contribution >= 4 is 5.95 Å². The fourth-order valence-electron chi connectivity index (χ4n) is 4.68. The van der Waals surface area contributed by atoms with Gasteiger partial charge in [0.25, 0.3) is 0 Å². The Bertz CT molecular complexity index is 489. The minimum atomic E-state index is 0.629. The Kier molecular flexibility index (Phi) is 4.73. The zero-order valence-corrected chi connectivity index (χ0v) is 13.7. The van der Waals surface area contributed by atoms with Crippen LogP contribution in [0, 0.1) is 17.8 Å². The molecule has 4 atom stereocenters. The predicted molar refractivity (Wildman–Crippen MR) is 90.8 cm³/mol. The van der Waals surface area contributed by atoms with Gasteiger partial charge in [0.1, 0.15) is 0 Å². The average Bonchev–Trinajstić information content (AvgIpc) is 3.23. The Morgan fingerprint density at radius 3 is 2.91 bits per heavy atom. The van der Waals surface area contributed by atoms with E-state index in [0.29, 0.717) is 6.04 Å². The summed E-state index contributed by atoms with van der Waals surface area (Å²) in [6.45, 7) is 5.88. The Balaban J connectivity index is 1.32. The number of hydrogen-bond donors (Lipinski definition) is 3. The smallest absolute Gasteiger partial charge is 0.222 e. The molecule has 1 saturated carbocycles. The second kappa shape index (κ2) is 7.11. The van der Waals surface area contributed by atoms with Crippen molar-refractivity contribution in [2.75, 3.05) is 38.0 Å². The molecule has 126 valence electrons. The first-order valence-electron chi connectivity index (χ1n) is 9.10. The van der Waals surface area contributed by atoms with Gasteiger partial charge in [0.15, 0.2) is 0 Å². The van der Waals surface area contributed by atoms with Gasteiger partial charge in [-0.3, -0.25) is 10.9 Å². The van der Waals surface area contributed by atoms with E-state index in [4.69, 9.17) is 0 Å². The van der Waals surface area contributed by atoms with Crippen molar-refractivity contribution in [1.29, 1.82) is 0 Å². The molecule has 0 aromatic carbocycles. The molecule has 3 fully saturated rings. The molecule has 23 heavy (non-hydrogen) atoms. The van der Waals surface area contributed by atoms with Crippen LogP contribution in [0.2, 0.25) is 0 Å². The van der Waals surface area contributed by atoms with E-state index in [1.54, 1.807) is 12.4 Å². The number of nitrogens with zero attached hydrogens (tertiary/aromatic N) is 3. The largest absolute Gasteiger partial charge is 0.354 e. The van der Waals surface area contributed by atoms with Crippen molar-refractivity contribution in [2.24, 2.45) is 17.8 Å². The van der Waals surface area contributed by atoms with E-state index < -0.39 is 0 Å². The van der Waals surface area contributed by atoms with E-state index in [1.807, 2.05) is 6.07 Å². The maximum absolute atomic E-state index is 4.28. The number of aromatic nitrogens is 2. The molecule has 3 heterocycles. The second-order valence-electron chi connectivity index (χ2n) is 7.34. The van der Waals surface area contributed by atoms with Crippen LogP contribution in [0.5, 0.6) is 0 Å². The topological polar surface area (TPSA) is 65.1 Å². The summed E-state index contributed by atoms with van der Waals surface area (Å²) in [6.07, 6.45) is 8.99. The van der Waals surface area contributed by atoms with Gasteiger partial charge in [-0.2, -0.15) is 0 Å². The minimum Gasteiger partial charge on any atom is -0.354 e. The van der Waals surface area contributed by atoms with Crippen LogP contribution in [0.25, 0.3) is 0 Å². The van der Waals surface area contributed by atoms with Crippen LogP contribution < -0.4 is 16.2 Å².